The van der Waals surface area contributed by atoms with E-state index >= 15 is 0 Å². The van der Waals surface area contributed by atoms with Crippen LogP contribution >= 0.6 is 0 Å². The number of pyridine rings is 1. The Hall–Kier alpha value is -4.98. The zero-order valence-electron chi connectivity index (χ0n) is 20.1. The third kappa shape index (κ3) is 5.18. The van der Waals surface area contributed by atoms with E-state index in [0.29, 0.717) is 28.5 Å². The fourth-order valence-corrected chi connectivity index (χ4v) is 4.08. The summed E-state index contributed by atoms with van der Waals surface area (Å²) in [6.45, 7) is 0.0638. The van der Waals surface area contributed by atoms with Crippen LogP contribution in [0.3, 0.4) is 0 Å². The first-order valence-electron chi connectivity index (χ1n) is 11.7. The van der Waals surface area contributed by atoms with E-state index in [-0.39, 0.29) is 6.61 Å². The number of benzene rings is 3. The summed E-state index contributed by atoms with van der Waals surface area (Å²) < 4.78 is 10.7. The van der Waals surface area contributed by atoms with Gasteiger partial charge in [-0.25, -0.2) is 14.8 Å². The monoisotopic (exact) mass is 492 g/mol. The van der Waals surface area contributed by atoms with Gasteiger partial charge in [0.25, 0.3) is 5.91 Å². The molecule has 37 heavy (non-hydrogen) atoms. The largest absolute Gasteiger partial charge is 0.481 e. The molecule has 3 aromatic carbocycles. The van der Waals surface area contributed by atoms with Crippen molar-refractivity contribution in [3.05, 3.63) is 120 Å². The Morgan fingerprint density at radius 2 is 1.65 bits per heavy atom. The van der Waals surface area contributed by atoms with Gasteiger partial charge in [-0.3, -0.25) is 15.0 Å². The Morgan fingerprint density at radius 3 is 2.41 bits per heavy atom. The molecule has 1 unspecified atom stereocenters. The predicted octanol–water partition coefficient (Wildman–Crippen LogP) is 4.86. The number of rotatable bonds is 6. The number of anilines is 2. The fraction of sp³-hybridized carbons (Fsp3) is 0.103. The Kier molecular flexibility index (Phi) is 6.89. The third-order valence-corrected chi connectivity index (χ3v) is 5.81. The summed E-state index contributed by atoms with van der Waals surface area (Å²) in [4.78, 5) is 37.2. The topological polar surface area (TPSA) is 93.1 Å². The standard InChI is InChI=1S/C29H24N4O4/c1-36-25-18-21(16-17-30-25)26-23-14-8-9-15-24(23)33(22-12-6-3-7-13-22)28(34)27(31-26)32-29(35)37-19-20-10-4-2-5-11-20/h2-18,27H,19H2,1H3,(H,32,35). The van der Waals surface area contributed by atoms with Gasteiger partial charge in [0.15, 0.2) is 0 Å². The molecule has 184 valence electrons. The zero-order valence-corrected chi connectivity index (χ0v) is 20.1. The van der Waals surface area contributed by atoms with Crippen LogP contribution in [0.4, 0.5) is 16.2 Å². The molecule has 1 N–H and O–H groups in total. The molecule has 5 rings (SSSR count). The van der Waals surface area contributed by atoms with Crippen LogP contribution in [0.1, 0.15) is 16.7 Å². The summed E-state index contributed by atoms with van der Waals surface area (Å²) in [7, 11) is 1.53. The van der Waals surface area contributed by atoms with Crippen LogP contribution in [0.25, 0.3) is 0 Å². The lowest BCUT2D eigenvalue weighted by molar-refractivity contribution is -0.119. The Morgan fingerprint density at radius 1 is 0.946 bits per heavy atom. The summed E-state index contributed by atoms with van der Waals surface area (Å²) in [6.07, 6.45) is -0.390. The molecule has 0 spiro atoms. The molecule has 1 aliphatic heterocycles. The van der Waals surface area contributed by atoms with E-state index in [4.69, 9.17) is 14.5 Å². The van der Waals surface area contributed by atoms with Crippen molar-refractivity contribution in [1.29, 1.82) is 0 Å². The second-order valence-corrected chi connectivity index (χ2v) is 8.20. The third-order valence-electron chi connectivity index (χ3n) is 5.81. The maximum atomic E-state index is 13.9. The number of hydrogen-bond acceptors (Lipinski definition) is 6. The number of para-hydroxylation sites is 2. The van der Waals surface area contributed by atoms with Crippen LogP contribution in [0.15, 0.2) is 108 Å². The Bertz CT molecular complexity index is 1440. The zero-order chi connectivity index (χ0) is 25.6. The number of aliphatic imine (C=N–C) groups is 1. The second kappa shape index (κ2) is 10.7. The average Bonchev–Trinajstić information content (AvgIpc) is 3.07. The first-order valence-corrected chi connectivity index (χ1v) is 11.7. The molecule has 0 fully saturated rings. The maximum absolute atomic E-state index is 13.9. The number of fused-ring (bicyclic) bond motifs is 1. The van der Waals surface area contributed by atoms with Crippen LogP contribution < -0.4 is 15.0 Å². The summed E-state index contributed by atoms with van der Waals surface area (Å²) in [6, 6.07) is 29.5. The van der Waals surface area contributed by atoms with Crippen LogP contribution in [0, 0.1) is 0 Å². The Labute approximate surface area is 214 Å². The summed E-state index contributed by atoms with van der Waals surface area (Å²) in [5.41, 5.74) is 4.03. The lowest BCUT2D eigenvalue weighted by atomic mass is 10.0. The molecule has 8 heteroatoms. The number of carbonyl (C=O) groups is 2. The Balaban J connectivity index is 1.56. The predicted molar refractivity (Wildman–Crippen MR) is 140 cm³/mol. The lowest BCUT2D eigenvalue weighted by Crippen LogP contribution is -2.46. The van der Waals surface area contributed by atoms with Crippen molar-refractivity contribution in [2.45, 2.75) is 12.8 Å². The molecular formula is C29H24N4O4. The number of benzodiazepines with no additional fused rings is 1. The van der Waals surface area contributed by atoms with Crippen molar-refractivity contribution in [3.8, 4) is 5.88 Å². The van der Waals surface area contributed by atoms with Crippen molar-refractivity contribution in [1.82, 2.24) is 10.3 Å². The highest BCUT2D eigenvalue weighted by Gasteiger charge is 2.34. The van der Waals surface area contributed by atoms with E-state index in [1.165, 1.54) is 7.11 Å². The molecule has 0 radical (unpaired) electrons. The number of amides is 2. The normalized spacial score (nSPS) is 14.7. The number of aromatic nitrogens is 1. The highest BCUT2D eigenvalue weighted by Crippen LogP contribution is 2.34. The van der Waals surface area contributed by atoms with Gasteiger partial charge >= 0.3 is 6.09 Å². The van der Waals surface area contributed by atoms with Gasteiger partial charge in [0.2, 0.25) is 12.0 Å². The molecule has 0 aliphatic carbocycles. The van der Waals surface area contributed by atoms with Gasteiger partial charge in [-0.2, -0.15) is 0 Å². The molecule has 2 amide bonds. The lowest BCUT2D eigenvalue weighted by Gasteiger charge is -2.25. The molecule has 0 bridgehead atoms. The van der Waals surface area contributed by atoms with E-state index in [2.05, 4.69) is 10.3 Å². The molecule has 1 aliphatic rings. The summed E-state index contributed by atoms with van der Waals surface area (Å²) >= 11 is 0. The number of ether oxygens (including phenoxy) is 2. The van der Waals surface area contributed by atoms with E-state index in [0.717, 1.165) is 11.1 Å². The van der Waals surface area contributed by atoms with Crippen molar-refractivity contribution in [2.24, 2.45) is 4.99 Å². The smallest absolute Gasteiger partial charge is 0.409 e. The van der Waals surface area contributed by atoms with Gasteiger partial charge in [-0.05, 0) is 29.8 Å². The van der Waals surface area contributed by atoms with Crippen LogP contribution in [-0.2, 0) is 16.1 Å². The van der Waals surface area contributed by atoms with E-state index in [1.54, 1.807) is 23.2 Å². The van der Waals surface area contributed by atoms with E-state index in [1.807, 2.05) is 84.9 Å². The number of nitrogens with zero attached hydrogens (tertiary/aromatic N) is 3. The van der Waals surface area contributed by atoms with Gasteiger partial charge < -0.3 is 9.47 Å². The van der Waals surface area contributed by atoms with Crippen LogP contribution in [-0.4, -0.2) is 36.0 Å². The molecule has 0 saturated carbocycles. The number of methoxy groups -OCH3 is 1. The second-order valence-electron chi connectivity index (χ2n) is 8.20. The van der Waals surface area contributed by atoms with Crippen LogP contribution in [0.2, 0.25) is 0 Å². The van der Waals surface area contributed by atoms with Gasteiger partial charge in [0.05, 0.1) is 18.5 Å². The molecule has 4 aromatic rings. The van der Waals surface area contributed by atoms with Crippen molar-refractivity contribution in [3.63, 3.8) is 0 Å². The van der Waals surface area contributed by atoms with E-state index in [9.17, 15) is 9.59 Å². The summed E-state index contributed by atoms with van der Waals surface area (Å²) in [5.74, 6) is -0.0220. The van der Waals surface area contributed by atoms with Crippen molar-refractivity contribution < 1.29 is 19.1 Å². The number of carbonyl (C=O) groups excluding carboxylic acids is 2. The van der Waals surface area contributed by atoms with Gasteiger partial charge in [0.1, 0.15) is 6.61 Å². The van der Waals surface area contributed by atoms with Gasteiger partial charge in [-0.15, -0.1) is 0 Å². The van der Waals surface area contributed by atoms with Gasteiger partial charge in [-0.1, -0.05) is 66.7 Å². The van der Waals surface area contributed by atoms with Crippen LogP contribution in [0.5, 0.6) is 5.88 Å². The molecule has 1 aromatic heterocycles. The fourth-order valence-electron chi connectivity index (χ4n) is 4.08. The minimum atomic E-state index is -1.25. The number of nitrogens with one attached hydrogen (secondary N) is 1. The van der Waals surface area contributed by atoms with Gasteiger partial charge in [0, 0.05) is 29.1 Å². The SMILES string of the molecule is COc1cc(C2=NC(NC(=O)OCc3ccccc3)C(=O)N(c3ccccc3)c3ccccc32)ccn1. The van der Waals surface area contributed by atoms with E-state index < -0.39 is 18.2 Å². The first-order chi connectivity index (χ1) is 18.1. The molecule has 0 saturated heterocycles. The molecule has 2 heterocycles. The highest BCUT2D eigenvalue weighted by atomic mass is 16.5. The van der Waals surface area contributed by atoms with Crippen molar-refractivity contribution in [2.75, 3.05) is 12.0 Å². The quantitative estimate of drug-likeness (QED) is 0.415. The highest BCUT2D eigenvalue weighted by molar-refractivity contribution is 6.21. The minimum absolute atomic E-state index is 0.0638. The molecule has 8 nitrogen and oxygen atoms in total. The first kappa shape index (κ1) is 23.7. The number of alkyl carbamates (subject to hydrolysis) is 1. The van der Waals surface area contributed by atoms with Crippen molar-refractivity contribution >= 4 is 29.1 Å². The molecular weight excluding hydrogens is 468 g/mol. The maximum Gasteiger partial charge on any atom is 0.409 e. The molecule has 1 atom stereocenters. The summed E-state index contributed by atoms with van der Waals surface area (Å²) in [5, 5.41) is 2.66. The number of hydrogen-bond donors (Lipinski definition) is 1. The average molecular weight is 493 g/mol. The minimum Gasteiger partial charge on any atom is -0.481 e.